The summed E-state index contributed by atoms with van der Waals surface area (Å²) in [5.41, 5.74) is 0.571. The van der Waals surface area contributed by atoms with Gasteiger partial charge < -0.3 is 14.5 Å². The number of carbonyl (C=O) groups is 1. The highest BCUT2D eigenvalue weighted by Crippen LogP contribution is 2.28. The number of hydrogen-bond acceptors (Lipinski definition) is 5. The van der Waals surface area contributed by atoms with Gasteiger partial charge in [0.15, 0.2) is 0 Å². The van der Waals surface area contributed by atoms with Gasteiger partial charge >= 0.3 is 5.69 Å². The minimum atomic E-state index is -0.576. The minimum Gasteiger partial charge on any atom is -0.495 e. The lowest BCUT2D eigenvalue weighted by atomic mass is 10.2. The summed E-state index contributed by atoms with van der Waals surface area (Å²) in [6, 6.07) is 14.7. The maximum absolute atomic E-state index is 13.1. The molecule has 2 heterocycles. The number of ether oxygens (including phenoxy) is 1. The molecule has 0 atom stereocenters. The number of piperazine rings is 1. The molecule has 0 spiro atoms. The number of carbonyl (C=O) groups excluding carboxylic acids is 1. The van der Waals surface area contributed by atoms with Gasteiger partial charge in [-0.15, -0.1) is 0 Å². The standard InChI is InChI=1S/C24H25FN4O4/c1-33-21-5-3-2-4-20(21)26-12-14-27(15-13-26)23(31)17-29-22(30)10-11-28(24(29)32)16-18-6-8-19(25)9-7-18/h2-11H,12-17H2,1H3. The summed E-state index contributed by atoms with van der Waals surface area (Å²) in [4.78, 5) is 41.9. The van der Waals surface area contributed by atoms with E-state index >= 15 is 0 Å². The van der Waals surface area contributed by atoms with E-state index in [2.05, 4.69) is 4.90 Å². The molecule has 1 aromatic heterocycles. The van der Waals surface area contributed by atoms with Gasteiger partial charge in [0.25, 0.3) is 5.56 Å². The Morgan fingerprint density at radius 2 is 1.67 bits per heavy atom. The highest BCUT2D eigenvalue weighted by atomic mass is 19.1. The Kier molecular flexibility index (Phi) is 6.58. The predicted octanol–water partition coefficient (Wildman–Crippen LogP) is 1.55. The van der Waals surface area contributed by atoms with Gasteiger partial charge in [0, 0.05) is 38.4 Å². The molecule has 8 nitrogen and oxygen atoms in total. The van der Waals surface area contributed by atoms with Crippen LogP contribution in [0.4, 0.5) is 10.1 Å². The highest BCUT2D eigenvalue weighted by Gasteiger charge is 2.24. The lowest BCUT2D eigenvalue weighted by Crippen LogP contribution is -2.51. The summed E-state index contributed by atoms with van der Waals surface area (Å²) >= 11 is 0. The zero-order valence-electron chi connectivity index (χ0n) is 18.3. The fraction of sp³-hybridized carbons (Fsp3) is 0.292. The van der Waals surface area contributed by atoms with Crippen molar-refractivity contribution in [3.05, 3.63) is 93.0 Å². The third-order valence-electron chi connectivity index (χ3n) is 5.76. The highest BCUT2D eigenvalue weighted by molar-refractivity contribution is 5.76. The number of methoxy groups -OCH3 is 1. The van der Waals surface area contributed by atoms with Crippen LogP contribution in [0.1, 0.15) is 5.56 Å². The fourth-order valence-electron chi connectivity index (χ4n) is 3.93. The van der Waals surface area contributed by atoms with E-state index in [1.807, 2.05) is 24.3 Å². The minimum absolute atomic E-state index is 0.172. The van der Waals surface area contributed by atoms with Gasteiger partial charge in [-0.1, -0.05) is 24.3 Å². The van der Waals surface area contributed by atoms with Gasteiger partial charge in [0.05, 0.1) is 19.3 Å². The molecule has 1 saturated heterocycles. The van der Waals surface area contributed by atoms with Gasteiger partial charge in [0.2, 0.25) is 5.91 Å². The van der Waals surface area contributed by atoms with E-state index in [1.165, 1.54) is 29.0 Å². The third kappa shape index (κ3) is 4.97. The van der Waals surface area contributed by atoms with E-state index in [0.29, 0.717) is 31.7 Å². The van der Waals surface area contributed by atoms with Crippen molar-refractivity contribution in [2.24, 2.45) is 0 Å². The molecule has 3 aromatic rings. The third-order valence-corrected chi connectivity index (χ3v) is 5.76. The summed E-state index contributed by atoms with van der Waals surface area (Å²) < 4.78 is 20.8. The van der Waals surface area contributed by atoms with E-state index < -0.39 is 11.2 Å². The van der Waals surface area contributed by atoms with E-state index in [4.69, 9.17) is 4.74 Å². The number of anilines is 1. The second-order valence-electron chi connectivity index (χ2n) is 7.82. The molecule has 0 radical (unpaired) electrons. The van der Waals surface area contributed by atoms with Crippen LogP contribution in [0.3, 0.4) is 0 Å². The topological polar surface area (TPSA) is 76.8 Å². The van der Waals surface area contributed by atoms with Crippen LogP contribution in [0.2, 0.25) is 0 Å². The summed E-state index contributed by atoms with van der Waals surface area (Å²) in [6.45, 7) is 2.03. The predicted molar refractivity (Wildman–Crippen MR) is 122 cm³/mol. The Morgan fingerprint density at radius 1 is 0.970 bits per heavy atom. The van der Waals surface area contributed by atoms with Crippen LogP contribution in [0.5, 0.6) is 5.75 Å². The molecule has 1 aliphatic rings. The first-order valence-corrected chi connectivity index (χ1v) is 10.7. The van der Waals surface area contributed by atoms with Gasteiger partial charge in [0.1, 0.15) is 18.1 Å². The van der Waals surface area contributed by atoms with Crippen molar-refractivity contribution >= 4 is 11.6 Å². The van der Waals surface area contributed by atoms with Gasteiger partial charge in [-0.25, -0.2) is 9.18 Å². The summed E-state index contributed by atoms with van der Waals surface area (Å²) in [5.74, 6) is 0.121. The van der Waals surface area contributed by atoms with Crippen LogP contribution in [-0.2, 0) is 17.9 Å². The largest absolute Gasteiger partial charge is 0.495 e. The van der Waals surface area contributed by atoms with Crippen LogP contribution >= 0.6 is 0 Å². The average Bonchev–Trinajstić information content (AvgIpc) is 2.84. The Hall–Kier alpha value is -3.88. The van der Waals surface area contributed by atoms with E-state index in [9.17, 15) is 18.8 Å². The Morgan fingerprint density at radius 3 is 2.36 bits per heavy atom. The number of halogens is 1. The molecule has 2 aromatic carbocycles. The second kappa shape index (κ2) is 9.72. The van der Waals surface area contributed by atoms with Crippen molar-refractivity contribution in [3.63, 3.8) is 0 Å². The van der Waals surface area contributed by atoms with Crippen molar-refractivity contribution in [2.45, 2.75) is 13.1 Å². The molecule has 9 heteroatoms. The number of benzene rings is 2. The van der Waals surface area contributed by atoms with Crippen LogP contribution in [0.25, 0.3) is 0 Å². The molecule has 0 saturated carbocycles. The Bertz CT molecular complexity index is 1240. The van der Waals surface area contributed by atoms with Crippen molar-refractivity contribution in [2.75, 3.05) is 38.2 Å². The van der Waals surface area contributed by atoms with Crippen LogP contribution in [0.15, 0.2) is 70.4 Å². The molecule has 0 unspecified atom stereocenters. The number of rotatable bonds is 6. The van der Waals surface area contributed by atoms with Gasteiger partial charge in [-0.3, -0.25) is 18.7 Å². The molecule has 1 aliphatic heterocycles. The number of para-hydroxylation sites is 2. The zero-order valence-corrected chi connectivity index (χ0v) is 18.3. The fourth-order valence-corrected chi connectivity index (χ4v) is 3.93. The lowest BCUT2D eigenvalue weighted by Gasteiger charge is -2.36. The summed E-state index contributed by atoms with van der Waals surface area (Å²) in [5, 5.41) is 0. The van der Waals surface area contributed by atoms with Crippen molar-refractivity contribution < 1.29 is 13.9 Å². The molecular formula is C24H25FN4O4. The molecule has 4 rings (SSSR count). The van der Waals surface area contributed by atoms with Crippen molar-refractivity contribution in [1.82, 2.24) is 14.0 Å². The average molecular weight is 452 g/mol. The van der Waals surface area contributed by atoms with Crippen molar-refractivity contribution in [1.29, 1.82) is 0 Å². The number of hydrogen-bond donors (Lipinski definition) is 0. The summed E-state index contributed by atoms with van der Waals surface area (Å²) in [6.07, 6.45) is 1.39. The Balaban J connectivity index is 1.44. The molecule has 0 aliphatic carbocycles. The van der Waals surface area contributed by atoms with Crippen LogP contribution in [0, 0.1) is 5.82 Å². The quantitative estimate of drug-likeness (QED) is 0.567. The van der Waals surface area contributed by atoms with E-state index in [1.54, 1.807) is 24.1 Å². The number of nitrogens with zero attached hydrogens (tertiary/aromatic N) is 4. The van der Waals surface area contributed by atoms with Gasteiger partial charge in [-0.05, 0) is 29.8 Å². The smallest absolute Gasteiger partial charge is 0.331 e. The SMILES string of the molecule is COc1ccccc1N1CCN(C(=O)Cn2c(=O)ccn(Cc3ccc(F)cc3)c2=O)CC1. The monoisotopic (exact) mass is 452 g/mol. The maximum Gasteiger partial charge on any atom is 0.331 e. The Labute approximate surface area is 190 Å². The molecule has 172 valence electrons. The number of aromatic nitrogens is 2. The van der Waals surface area contributed by atoms with Crippen molar-refractivity contribution in [3.8, 4) is 5.75 Å². The number of amides is 1. The normalized spacial score (nSPS) is 13.8. The lowest BCUT2D eigenvalue weighted by molar-refractivity contribution is -0.132. The van der Waals surface area contributed by atoms with Crippen LogP contribution < -0.4 is 20.9 Å². The first kappa shape index (κ1) is 22.3. The summed E-state index contributed by atoms with van der Waals surface area (Å²) in [7, 11) is 1.62. The van der Waals surface area contributed by atoms with Gasteiger partial charge in [-0.2, -0.15) is 0 Å². The van der Waals surface area contributed by atoms with Crippen LogP contribution in [-0.4, -0.2) is 53.2 Å². The second-order valence-corrected chi connectivity index (χ2v) is 7.82. The molecule has 0 N–H and O–H groups in total. The maximum atomic E-state index is 13.1. The van der Waals surface area contributed by atoms with E-state index in [-0.39, 0.29) is 24.8 Å². The molecule has 1 fully saturated rings. The molecular weight excluding hydrogens is 427 g/mol. The molecule has 1 amide bonds. The first-order valence-electron chi connectivity index (χ1n) is 10.7. The first-order chi connectivity index (χ1) is 16.0. The zero-order chi connectivity index (χ0) is 23.4. The molecule has 0 bridgehead atoms. The molecule has 33 heavy (non-hydrogen) atoms. The van der Waals surface area contributed by atoms with E-state index in [0.717, 1.165) is 16.0 Å².